The summed E-state index contributed by atoms with van der Waals surface area (Å²) in [4.78, 5) is 11.3. The molecule has 0 saturated heterocycles. The molecule has 0 amide bonds. The van der Waals surface area contributed by atoms with E-state index in [1.165, 1.54) is 12.8 Å². The van der Waals surface area contributed by atoms with Gasteiger partial charge in [0.25, 0.3) is 0 Å². The summed E-state index contributed by atoms with van der Waals surface area (Å²) >= 11 is 0. The van der Waals surface area contributed by atoms with Crippen molar-refractivity contribution in [3.8, 4) is 0 Å². The SMILES string of the molecule is CCCCCC(O)/C=C/[C@H]1CC[C@@H](O)[C@H]1CCCCCCC(=O)OCC. The number of carbonyl (C=O) groups is 1. The first-order chi connectivity index (χ1) is 12.6. The lowest BCUT2D eigenvalue weighted by molar-refractivity contribution is -0.143. The fourth-order valence-corrected chi connectivity index (χ4v) is 3.93. The number of hydrogen-bond donors (Lipinski definition) is 2. The number of aliphatic hydroxyl groups excluding tert-OH is 2. The van der Waals surface area contributed by atoms with Gasteiger partial charge in [0.1, 0.15) is 0 Å². The minimum absolute atomic E-state index is 0.0959. The van der Waals surface area contributed by atoms with Crippen LogP contribution >= 0.6 is 0 Å². The van der Waals surface area contributed by atoms with E-state index in [4.69, 9.17) is 4.74 Å². The highest BCUT2D eigenvalue weighted by molar-refractivity contribution is 5.69. The van der Waals surface area contributed by atoms with Crippen molar-refractivity contribution in [3.05, 3.63) is 12.2 Å². The molecule has 0 aliphatic heterocycles. The molecule has 0 radical (unpaired) electrons. The Hall–Kier alpha value is -0.870. The van der Waals surface area contributed by atoms with E-state index in [-0.39, 0.29) is 18.2 Å². The molecule has 0 bridgehead atoms. The normalized spacial score (nSPS) is 24.2. The van der Waals surface area contributed by atoms with Crippen LogP contribution in [-0.2, 0) is 9.53 Å². The fourth-order valence-electron chi connectivity index (χ4n) is 3.93. The van der Waals surface area contributed by atoms with Gasteiger partial charge in [-0.25, -0.2) is 0 Å². The first kappa shape index (κ1) is 23.2. The zero-order chi connectivity index (χ0) is 19.2. The van der Waals surface area contributed by atoms with Gasteiger partial charge in [-0.15, -0.1) is 0 Å². The van der Waals surface area contributed by atoms with Gasteiger partial charge < -0.3 is 14.9 Å². The van der Waals surface area contributed by atoms with Gasteiger partial charge in [-0.3, -0.25) is 4.79 Å². The Morgan fingerprint density at radius 1 is 1.12 bits per heavy atom. The topological polar surface area (TPSA) is 66.8 Å². The zero-order valence-corrected chi connectivity index (χ0v) is 16.9. The third-order valence-corrected chi connectivity index (χ3v) is 5.50. The highest BCUT2D eigenvalue weighted by Gasteiger charge is 2.32. The van der Waals surface area contributed by atoms with E-state index in [0.717, 1.165) is 57.8 Å². The van der Waals surface area contributed by atoms with Crippen LogP contribution < -0.4 is 0 Å². The van der Waals surface area contributed by atoms with E-state index in [2.05, 4.69) is 13.0 Å². The summed E-state index contributed by atoms with van der Waals surface area (Å²) < 4.78 is 4.93. The summed E-state index contributed by atoms with van der Waals surface area (Å²) in [6.07, 6.45) is 15.4. The van der Waals surface area contributed by atoms with Gasteiger partial charge in [0.2, 0.25) is 0 Å². The maximum atomic E-state index is 11.3. The second kappa shape index (κ2) is 14.2. The molecular formula is C22H40O4. The van der Waals surface area contributed by atoms with Crippen molar-refractivity contribution < 1.29 is 19.7 Å². The van der Waals surface area contributed by atoms with E-state index >= 15 is 0 Å². The van der Waals surface area contributed by atoms with Crippen molar-refractivity contribution in [3.63, 3.8) is 0 Å². The van der Waals surface area contributed by atoms with Crippen molar-refractivity contribution >= 4 is 5.97 Å². The third-order valence-electron chi connectivity index (χ3n) is 5.50. The van der Waals surface area contributed by atoms with E-state index in [1.54, 1.807) is 0 Å². The minimum Gasteiger partial charge on any atom is -0.466 e. The Balaban J connectivity index is 2.23. The number of unbranched alkanes of at least 4 members (excludes halogenated alkanes) is 5. The number of allylic oxidation sites excluding steroid dienone is 1. The van der Waals surface area contributed by atoms with Crippen molar-refractivity contribution in [1.82, 2.24) is 0 Å². The zero-order valence-electron chi connectivity index (χ0n) is 16.9. The molecule has 0 aromatic carbocycles. The van der Waals surface area contributed by atoms with Crippen LogP contribution in [0, 0.1) is 11.8 Å². The molecule has 1 rings (SSSR count). The number of carbonyl (C=O) groups excluding carboxylic acids is 1. The maximum absolute atomic E-state index is 11.3. The quantitative estimate of drug-likeness (QED) is 0.263. The van der Waals surface area contributed by atoms with Gasteiger partial charge in [0.05, 0.1) is 18.8 Å². The Bertz CT molecular complexity index is 394. The number of esters is 1. The Morgan fingerprint density at radius 3 is 2.62 bits per heavy atom. The molecule has 0 spiro atoms. The lowest BCUT2D eigenvalue weighted by atomic mass is 9.88. The molecule has 4 atom stereocenters. The van der Waals surface area contributed by atoms with Crippen LogP contribution in [0.25, 0.3) is 0 Å². The van der Waals surface area contributed by atoms with Gasteiger partial charge in [-0.05, 0) is 50.9 Å². The van der Waals surface area contributed by atoms with Crippen molar-refractivity contribution in [1.29, 1.82) is 0 Å². The predicted octanol–water partition coefficient (Wildman–Crippen LogP) is 4.77. The molecular weight excluding hydrogens is 328 g/mol. The number of aliphatic hydroxyl groups is 2. The summed E-state index contributed by atoms with van der Waals surface area (Å²) in [5.74, 6) is 0.617. The van der Waals surface area contributed by atoms with Crippen LogP contribution in [0.2, 0.25) is 0 Å². The van der Waals surface area contributed by atoms with E-state index in [1.807, 2.05) is 13.0 Å². The van der Waals surface area contributed by atoms with E-state index < -0.39 is 0 Å². The summed E-state index contributed by atoms with van der Waals surface area (Å²) in [6.45, 7) is 4.46. The molecule has 152 valence electrons. The Labute approximate surface area is 160 Å². The first-order valence-electron chi connectivity index (χ1n) is 10.8. The number of rotatable bonds is 14. The molecule has 1 unspecified atom stereocenters. The van der Waals surface area contributed by atoms with Crippen molar-refractivity contribution in [2.75, 3.05) is 6.61 Å². The fraction of sp³-hybridized carbons (Fsp3) is 0.864. The second-order valence-corrected chi connectivity index (χ2v) is 7.68. The largest absolute Gasteiger partial charge is 0.466 e. The minimum atomic E-state index is -0.345. The highest BCUT2D eigenvalue weighted by Crippen LogP contribution is 2.36. The van der Waals surface area contributed by atoms with Crippen molar-refractivity contribution in [2.24, 2.45) is 11.8 Å². The van der Waals surface area contributed by atoms with Crippen LogP contribution in [-0.4, -0.2) is 35.0 Å². The first-order valence-corrected chi connectivity index (χ1v) is 10.8. The molecule has 2 N–H and O–H groups in total. The van der Waals surface area contributed by atoms with Gasteiger partial charge in [0, 0.05) is 6.42 Å². The molecule has 1 saturated carbocycles. The lowest BCUT2D eigenvalue weighted by Crippen LogP contribution is -2.18. The van der Waals surface area contributed by atoms with Gasteiger partial charge >= 0.3 is 5.97 Å². The molecule has 26 heavy (non-hydrogen) atoms. The summed E-state index contributed by atoms with van der Waals surface area (Å²) in [5, 5.41) is 20.3. The molecule has 0 aromatic rings. The molecule has 4 nitrogen and oxygen atoms in total. The Kier molecular flexibility index (Phi) is 12.7. The van der Waals surface area contributed by atoms with Crippen LogP contribution in [0.3, 0.4) is 0 Å². The average Bonchev–Trinajstić information content (AvgIpc) is 2.96. The monoisotopic (exact) mass is 368 g/mol. The van der Waals surface area contributed by atoms with E-state index in [9.17, 15) is 15.0 Å². The smallest absolute Gasteiger partial charge is 0.305 e. The van der Waals surface area contributed by atoms with Crippen molar-refractivity contribution in [2.45, 2.75) is 103 Å². The Morgan fingerprint density at radius 2 is 1.88 bits per heavy atom. The number of hydrogen-bond acceptors (Lipinski definition) is 4. The molecule has 0 heterocycles. The average molecular weight is 369 g/mol. The van der Waals surface area contributed by atoms with Crippen LogP contribution in [0.5, 0.6) is 0 Å². The molecule has 0 aromatic heterocycles. The van der Waals surface area contributed by atoms with Crippen LogP contribution in [0.15, 0.2) is 12.2 Å². The standard InChI is InChI=1S/C22H40O4/c1-3-5-8-11-19(23)16-14-18-15-17-21(24)20(18)12-9-6-7-10-13-22(25)26-4-2/h14,16,18-21,23-24H,3-13,15,17H2,1-2H3/b16-14+/t18-,19?,20-,21+/m0/s1. The summed E-state index contributed by atoms with van der Waals surface area (Å²) in [7, 11) is 0. The molecule has 1 aliphatic carbocycles. The summed E-state index contributed by atoms with van der Waals surface area (Å²) in [5.41, 5.74) is 0. The van der Waals surface area contributed by atoms with Gasteiger partial charge in [-0.1, -0.05) is 57.6 Å². The maximum Gasteiger partial charge on any atom is 0.305 e. The van der Waals surface area contributed by atoms with Crippen LogP contribution in [0.4, 0.5) is 0 Å². The van der Waals surface area contributed by atoms with Crippen LogP contribution in [0.1, 0.15) is 90.9 Å². The molecule has 4 heteroatoms. The third kappa shape index (κ3) is 9.72. The van der Waals surface area contributed by atoms with E-state index in [0.29, 0.717) is 24.9 Å². The van der Waals surface area contributed by atoms with Gasteiger partial charge in [0.15, 0.2) is 0 Å². The predicted molar refractivity (Wildman–Crippen MR) is 106 cm³/mol. The van der Waals surface area contributed by atoms with Gasteiger partial charge in [-0.2, -0.15) is 0 Å². The summed E-state index contributed by atoms with van der Waals surface area (Å²) in [6, 6.07) is 0. The molecule has 1 fully saturated rings. The highest BCUT2D eigenvalue weighted by atomic mass is 16.5. The molecule has 1 aliphatic rings. The lowest BCUT2D eigenvalue weighted by Gasteiger charge is -2.20. The number of ether oxygens (including phenoxy) is 1. The second-order valence-electron chi connectivity index (χ2n) is 7.68.